The van der Waals surface area contributed by atoms with E-state index < -0.39 is 5.97 Å². The first-order valence-electron chi connectivity index (χ1n) is 5.78. The lowest BCUT2D eigenvalue weighted by Crippen LogP contribution is -2.08. The smallest absolute Gasteiger partial charge is 0.336 e. The topological polar surface area (TPSA) is 68.7 Å². The minimum Gasteiger partial charge on any atom is -0.497 e. The third kappa shape index (κ3) is 2.37. The van der Waals surface area contributed by atoms with Crippen molar-refractivity contribution in [2.45, 2.75) is 13.5 Å². The van der Waals surface area contributed by atoms with Gasteiger partial charge < -0.3 is 14.6 Å². The van der Waals surface area contributed by atoms with Crippen LogP contribution in [0, 0.1) is 6.92 Å². The summed E-state index contributed by atoms with van der Waals surface area (Å²) in [5, 5.41) is 10.0. The number of fused-ring (bicyclic) bond motifs is 1. The second-order valence-electron chi connectivity index (χ2n) is 4.17. The third-order valence-corrected chi connectivity index (χ3v) is 3.00. The Morgan fingerprint density at radius 3 is 2.68 bits per heavy atom. The van der Waals surface area contributed by atoms with Crippen molar-refractivity contribution in [3.63, 3.8) is 0 Å². The lowest BCUT2D eigenvalue weighted by Gasteiger charge is -2.12. The maximum Gasteiger partial charge on any atom is 0.336 e. The molecule has 0 radical (unpaired) electrons. The fourth-order valence-corrected chi connectivity index (χ4v) is 2.10. The fraction of sp³-hybridized carbons (Fsp3) is 0.286. The minimum absolute atomic E-state index is 0.225. The maximum absolute atomic E-state index is 11.5. The molecule has 1 N–H and O–H groups in total. The number of aromatic carboxylic acids is 1. The van der Waals surface area contributed by atoms with Crippen LogP contribution in [0.2, 0.25) is 0 Å². The first kappa shape index (κ1) is 13.3. The number of aryl methyl sites for hydroxylation is 1. The molecule has 1 aromatic carbocycles. The van der Waals surface area contributed by atoms with E-state index in [2.05, 4.69) is 4.98 Å². The molecule has 0 bridgehead atoms. The lowest BCUT2D eigenvalue weighted by atomic mass is 10.0. The van der Waals surface area contributed by atoms with Crippen LogP contribution >= 0.6 is 0 Å². The molecule has 1 heterocycles. The predicted molar refractivity (Wildman–Crippen MR) is 70.7 cm³/mol. The molecule has 0 aliphatic rings. The van der Waals surface area contributed by atoms with Gasteiger partial charge in [0.05, 0.1) is 24.8 Å². The number of carboxylic acids is 1. The van der Waals surface area contributed by atoms with Gasteiger partial charge in [-0.15, -0.1) is 0 Å². The van der Waals surface area contributed by atoms with Gasteiger partial charge in [0.15, 0.2) is 0 Å². The number of methoxy groups -OCH3 is 2. The van der Waals surface area contributed by atoms with Gasteiger partial charge in [-0.2, -0.15) is 0 Å². The van der Waals surface area contributed by atoms with Gasteiger partial charge in [0, 0.05) is 29.8 Å². The van der Waals surface area contributed by atoms with Crippen LogP contribution in [0.5, 0.6) is 5.75 Å². The fourth-order valence-electron chi connectivity index (χ4n) is 2.10. The Kier molecular flexibility index (Phi) is 3.66. The number of hydrogen-bond donors (Lipinski definition) is 1. The highest BCUT2D eigenvalue weighted by atomic mass is 16.5. The van der Waals surface area contributed by atoms with E-state index in [-0.39, 0.29) is 12.2 Å². The van der Waals surface area contributed by atoms with Crippen LogP contribution in [0.3, 0.4) is 0 Å². The molecule has 0 amide bonds. The summed E-state index contributed by atoms with van der Waals surface area (Å²) in [5.41, 5.74) is 2.11. The van der Waals surface area contributed by atoms with Crippen LogP contribution in [-0.2, 0) is 11.3 Å². The average molecular weight is 261 g/mol. The highest BCUT2D eigenvalue weighted by Gasteiger charge is 2.18. The van der Waals surface area contributed by atoms with E-state index in [4.69, 9.17) is 9.47 Å². The molecule has 2 rings (SSSR count). The summed E-state index contributed by atoms with van der Waals surface area (Å²) < 4.78 is 10.2. The first-order chi connectivity index (χ1) is 9.08. The molecule has 0 saturated carbocycles. The zero-order chi connectivity index (χ0) is 14.0. The van der Waals surface area contributed by atoms with Crippen molar-refractivity contribution in [3.05, 3.63) is 35.0 Å². The Labute approximate surface area is 110 Å². The number of aromatic nitrogens is 1. The monoisotopic (exact) mass is 261 g/mol. The number of hydrogen-bond acceptors (Lipinski definition) is 4. The number of rotatable bonds is 4. The Bertz CT molecular complexity index is 637. The van der Waals surface area contributed by atoms with Crippen molar-refractivity contribution >= 4 is 16.9 Å². The predicted octanol–water partition coefficient (Wildman–Crippen LogP) is 2.40. The van der Waals surface area contributed by atoms with Crippen molar-refractivity contribution in [1.29, 1.82) is 0 Å². The van der Waals surface area contributed by atoms with E-state index in [0.717, 1.165) is 0 Å². The van der Waals surface area contributed by atoms with Gasteiger partial charge in [-0.05, 0) is 19.1 Å². The van der Waals surface area contributed by atoms with E-state index in [1.54, 1.807) is 32.2 Å². The SMILES string of the molecule is COCc1c(C)nc2cc(OC)ccc2c1C(=O)O. The number of carbonyl (C=O) groups is 1. The van der Waals surface area contributed by atoms with Crippen LogP contribution in [-0.4, -0.2) is 30.3 Å². The van der Waals surface area contributed by atoms with Crippen molar-refractivity contribution in [2.75, 3.05) is 14.2 Å². The number of carboxylic acid groups (broad SMARTS) is 1. The highest BCUT2D eigenvalue weighted by molar-refractivity contribution is 6.04. The van der Waals surface area contributed by atoms with Gasteiger partial charge in [-0.1, -0.05) is 0 Å². The molecule has 0 aliphatic heterocycles. The van der Waals surface area contributed by atoms with Crippen LogP contribution < -0.4 is 4.74 Å². The quantitative estimate of drug-likeness (QED) is 0.915. The van der Waals surface area contributed by atoms with Gasteiger partial charge in [-0.25, -0.2) is 4.79 Å². The van der Waals surface area contributed by atoms with Crippen LogP contribution in [0.1, 0.15) is 21.6 Å². The molecule has 0 spiro atoms. The molecule has 0 fully saturated rings. The molecule has 0 aliphatic carbocycles. The van der Waals surface area contributed by atoms with Crippen molar-refractivity contribution < 1.29 is 19.4 Å². The summed E-state index contributed by atoms with van der Waals surface area (Å²) in [7, 11) is 3.09. The third-order valence-electron chi connectivity index (χ3n) is 3.00. The largest absolute Gasteiger partial charge is 0.497 e. The Morgan fingerprint density at radius 2 is 2.11 bits per heavy atom. The molecular weight excluding hydrogens is 246 g/mol. The van der Waals surface area contributed by atoms with E-state index in [1.807, 2.05) is 0 Å². The zero-order valence-electron chi connectivity index (χ0n) is 11.1. The molecule has 0 saturated heterocycles. The van der Waals surface area contributed by atoms with Gasteiger partial charge in [0.1, 0.15) is 5.75 Å². The highest BCUT2D eigenvalue weighted by Crippen LogP contribution is 2.27. The normalized spacial score (nSPS) is 10.7. The molecule has 0 atom stereocenters. The Balaban J connectivity index is 2.80. The minimum atomic E-state index is -0.979. The molecule has 1 aromatic heterocycles. The van der Waals surface area contributed by atoms with Gasteiger partial charge >= 0.3 is 5.97 Å². The van der Waals surface area contributed by atoms with E-state index in [9.17, 15) is 9.90 Å². The summed E-state index contributed by atoms with van der Waals surface area (Å²) in [6.45, 7) is 2.00. The summed E-state index contributed by atoms with van der Waals surface area (Å²) in [4.78, 5) is 15.9. The van der Waals surface area contributed by atoms with Crippen LogP contribution in [0.4, 0.5) is 0 Å². The average Bonchev–Trinajstić information content (AvgIpc) is 2.38. The van der Waals surface area contributed by atoms with E-state index in [0.29, 0.717) is 27.9 Å². The number of nitrogens with zero attached hydrogens (tertiary/aromatic N) is 1. The Hall–Kier alpha value is -2.14. The van der Waals surface area contributed by atoms with E-state index in [1.165, 1.54) is 7.11 Å². The van der Waals surface area contributed by atoms with Crippen molar-refractivity contribution in [1.82, 2.24) is 4.98 Å². The first-order valence-corrected chi connectivity index (χ1v) is 5.78. The maximum atomic E-state index is 11.5. The van der Waals surface area contributed by atoms with Crippen molar-refractivity contribution in [2.24, 2.45) is 0 Å². The van der Waals surface area contributed by atoms with Gasteiger partial charge in [0.25, 0.3) is 0 Å². The van der Waals surface area contributed by atoms with E-state index >= 15 is 0 Å². The summed E-state index contributed by atoms with van der Waals surface area (Å²) in [5.74, 6) is -0.331. The second kappa shape index (κ2) is 5.24. The summed E-state index contributed by atoms with van der Waals surface area (Å²) in [6, 6.07) is 5.16. The number of benzene rings is 1. The molecule has 19 heavy (non-hydrogen) atoms. The molecule has 5 nitrogen and oxygen atoms in total. The van der Waals surface area contributed by atoms with Crippen LogP contribution in [0.15, 0.2) is 18.2 Å². The molecule has 5 heteroatoms. The number of pyridine rings is 1. The van der Waals surface area contributed by atoms with Crippen LogP contribution in [0.25, 0.3) is 10.9 Å². The molecule has 0 unspecified atom stereocenters. The number of ether oxygens (including phenoxy) is 2. The Morgan fingerprint density at radius 1 is 1.37 bits per heavy atom. The second-order valence-corrected chi connectivity index (χ2v) is 4.17. The van der Waals surface area contributed by atoms with Gasteiger partial charge in [0.2, 0.25) is 0 Å². The summed E-state index contributed by atoms with van der Waals surface area (Å²) in [6.07, 6.45) is 0. The molecule has 2 aromatic rings. The molecular formula is C14H15NO4. The van der Waals surface area contributed by atoms with Gasteiger partial charge in [-0.3, -0.25) is 4.98 Å². The molecule has 100 valence electrons. The van der Waals surface area contributed by atoms with Crippen molar-refractivity contribution in [3.8, 4) is 5.75 Å². The zero-order valence-corrected chi connectivity index (χ0v) is 11.1. The summed E-state index contributed by atoms with van der Waals surface area (Å²) >= 11 is 0. The standard InChI is InChI=1S/C14H15NO4/c1-8-11(7-18-2)13(14(16)17)10-5-4-9(19-3)6-12(10)15-8/h4-6H,7H2,1-3H3,(H,16,17). The lowest BCUT2D eigenvalue weighted by molar-refractivity contribution is 0.0693.